The summed E-state index contributed by atoms with van der Waals surface area (Å²) in [7, 11) is 1.00. The third-order valence-electron chi connectivity index (χ3n) is 2.66. The lowest BCUT2D eigenvalue weighted by Gasteiger charge is -1.92. The zero-order valence-electron chi connectivity index (χ0n) is 13.8. The second-order valence-corrected chi connectivity index (χ2v) is 4.19. The highest BCUT2D eigenvalue weighted by Crippen LogP contribution is 2.11. The highest BCUT2D eigenvalue weighted by Gasteiger charge is 1.85. The molecule has 2 N–H and O–H groups in total. The molecule has 0 amide bonds. The molecule has 0 atom stereocenters. The molecule has 3 aromatic carbocycles. The maximum absolute atomic E-state index is 8.81. The molecule has 126 valence electrons. The van der Waals surface area contributed by atoms with E-state index >= 15 is 0 Å². The van der Waals surface area contributed by atoms with Gasteiger partial charge in [0.05, 0.1) is 0 Å². The monoisotopic (exact) mass is 314 g/mol. The van der Waals surface area contributed by atoms with Crippen LogP contribution in [0.4, 0.5) is 0 Å². The Hall–Kier alpha value is -2.32. The summed E-state index contributed by atoms with van der Waals surface area (Å²) in [6.45, 7) is 5.94. The van der Waals surface area contributed by atoms with Gasteiger partial charge in [-0.05, 0) is 35.4 Å². The summed E-state index contributed by atoms with van der Waals surface area (Å²) in [4.78, 5) is 0. The highest BCUT2D eigenvalue weighted by molar-refractivity contribution is 5.81. The fourth-order valence-corrected chi connectivity index (χ4v) is 1.76. The summed E-state index contributed by atoms with van der Waals surface area (Å²) in [6, 6.07) is 23.9. The largest absolute Gasteiger partial charge is 0.508 e. The number of aryl methyl sites for hydroxylation is 1. The van der Waals surface area contributed by atoms with E-state index in [0.717, 1.165) is 12.7 Å². The van der Waals surface area contributed by atoms with Crippen LogP contribution in [0.25, 0.3) is 10.8 Å². The Balaban J connectivity index is 0. The van der Waals surface area contributed by atoms with Crippen LogP contribution in [0.3, 0.4) is 0 Å². The molecule has 0 unspecified atom stereocenters. The maximum atomic E-state index is 8.81. The lowest BCUT2D eigenvalue weighted by Crippen LogP contribution is -1.67. The third kappa shape index (κ3) is 9.33. The van der Waals surface area contributed by atoms with E-state index < -0.39 is 0 Å². The fourth-order valence-electron chi connectivity index (χ4n) is 1.76. The molecule has 0 aliphatic rings. The van der Waals surface area contributed by atoms with Crippen LogP contribution in [0.2, 0.25) is 0 Å². The molecule has 0 saturated carbocycles. The number of fused-ring (bicyclic) bond motifs is 1. The van der Waals surface area contributed by atoms with E-state index in [0.29, 0.717) is 5.75 Å². The number of aliphatic hydroxyl groups is 1. The van der Waals surface area contributed by atoms with Gasteiger partial charge in [-0.25, -0.2) is 0 Å². The predicted octanol–water partition coefficient (Wildman–Crippen LogP) is 5.81. The van der Waals surface area contributed by atoms with Gasteiger partial charge < -0.3 is 10.2 Å². The SMILES string of the molecule is C.CC.CO.Cc1cccc(O)c1.c1ccc2ccccc2c1. The first-order valence-corrected chi connectivity index (χ1v) is 7.40. The molecular weight excluding hydrogens is 284 g/mol. The fraction of sp³-hybridized carbons (Fsp3) is 0.238. The normalized spacial score (nSPS) is 8.04. The molecule has 3 rings (SSSR count). The lowest BCUT2D eigenvalue weighted by atomic mass is 10.1. The standard InChI is InChI=1S/C10H8.C7H8O.C2H6.CH4O.CH4/c1-2-6-10-8-4-3-7-9(10)5-1;1-6-3-2-4-7(8)5-6;2*1-2;/h1-8H;2-5,8H,1H3;1-2H3;2H,1H3;1H4. The van der Waals surface area contributed by atoms with Crippen LogP contribution < -0.4 is 0 Å². The summed E-state index contributed by atoms with van der Waals surface area (Å²) >= 11 is 0. The molecule has 3 aromatic rings. The van der Waals surface area contributed by atoms with E-state index in [4.69, 9.17) is 10.2 Å². The van der Waals surface area contributed by atoms with Crippen molar-refractivity contribution in [3.8, 4) is 5.75 Å². The van der Waals surface area contributed by atoms with Gasteiger partial charge in [-0.2, -0.15) is 0 Å². The molecule has 2 heteroatoms. The van der Waals surface area contributed by atoms with Crippen LogP contribution in [0, 0.1) is 6.92 Å². The summed E-state index contributed by atoms with van der Waals surface area (Å²) in [6.07, 6.45) is 0. The molecule has 0 saturated heterocycles. The Labute approximate surface area is 141 Å². The average Bonchev–Trinajstić information content (AvgIpc) is 2.59. The molecule has 0 aromatic heterocycles. The van der Waals surface area contributed by atoms with Crippen LogP contribution in [-0.4, -0.2) is 17.3 Å². The van der Waals surface area contributed by atoms with E-state index in [1.807, 2.05) is 32.9 Å². The quantitative estimate of drug-likeness (QED) is 0.549. The average molecular weight is 314 g/mol. The van der Waals surface area contributed by atoms with Crippen LogP contribution in [-0.2, 0) is 0 Å². The highest BCUT2D eigenvalue weighted by atomic mass is 16.3. The molecule has 0 bridgehead atoms. The Morgan fingerprint density at radius 3 is 1.30 bits per heavy atom. The first kappa shape index (κ1) is 23.0. The van der Waals surface area contributed by atoms with Crippen LogP contribution in [0.5, 0.6) is 5.75 Å². The molecule has 0 spiro atoms. The van der Waals surface area contributed by atoms with Crippen LogP contribution >= 0.6 is 0 Å². The van der Waals surface area contributed by atoms with Crippen LogP contribution in [0.15, 0.2) is 72.8 Å². The van der Waals surface area contributed by atoms with Gasteiger partial charge in [-0.1, -0.05) is 81.9 Å². The lowest BCUT2D eigenvalue weighted by molar-refractivity contribution is 0.399. The molecule has 2 nitrogen and oxygen atoms in total. The Kier molecular flexibility index (Phi) is 14.6. The minimum atomic E-state index is 0. The number of phenols is 1. The van der Waals surface area contributed by atoms with E-state index in [2.05, 4.69) is 48.5 Å². The van der Waals surface area contributed by atoms with Crippen molar-refractivity contribution in [3.05, 3.63) is 78.4 Å². The van der Waals surface area contributed by atoms with E-state index in [-0.39, 0.29) is 7.43 Å². The minimum Gasteiger partial charge on any atom is -0.508 e. The first-order chi connectivity index (χ1) is 10.8. The summed E-state index contributed by atoms with van der Waals surface area (Å²) in [5, 5.41) is 18.4. The Morgan fingerprint density at radius 2 is 1.04 bits per heavy atom. The van der Waals surface area contributed by atoms with Gasteiger partial charge in [0.25, 0.3) is 0 Å². The summed E-state index contributed by atoms with van der Waals surface area (Å²) in [5.41, 5.74) is 1.09. The first-order valence-electron chi connectivity index (χ1n) is 7.40. The number of hydrogen-bond acceptors (Lipinski definition) is 2. The summed E-state index contributed by atoms with van der Waals surface area (Å²) < 4.78 is 0. The minimum absolute atomic E-state index is 0. The van der Waals surface area contributed by atoms with Crippen molar-refractivity contribution in [3.63, 3.8) is 0 Å². The number of aliphatic hydroxyl groups excluding tert-OH is 1. The van der Waals surface area contributed by atoms with Crippen molar-refractivity contribution in [2.45, 2.75) is 28.2 Å². The van der Waals surface area contributed by atoms with Gasteiger partial charge >= 0.3 is 0 Å². The number of phenolic OH excluding ortho intramolecular Hbond substituents is 1. The van der Waals surface area contributed by atoms with Gasteiger partial charge in [0.15, 0.2) is 0 Å². The number of benzene rings is 3. The summed E-state index contributed by atoms with van der Waals surface area (Å²) in [5.74, 6) is 0.338. The maximum Gasteiger partial charge on any atom is 0.115 e. The third-order valence-corrected chi connectivity index (χ3v) is 2.66. The molecule has 0 radical (unpaired) electrons. The molecule has 0 fully saturated rings. The van der Waals surface area contributed by atoms with Crippen molar-refractivity contribution in [1.82, 2.24) is 0 Å². The molecule has 23 heavy (non-hydrogen) atoms. The number of aromatic hydroxyl groups is 1. The number of rotatable bonds is 0. The van der Waals surface area contributed by atoms with Gasteiger partial charge in [-0.15, -0.1) is 0 Å². The van der Waals surface area contributed by atoms with Crippen molar-refractivity contribution in [2.24, 2.45) is 0 Å². The van der Waals surface area contributed by atoms with Gasteiger partial charge in [0.2, 0.25) is 0 Å². The van der Waals surface area contributed by atoms with Crippen molar-refractivity contribution in [1.29, 1.82) is 0 Å². The topological polar surface area (TPSA) is 40.5 Å². The van der Waals surface area contributed by atoms with Gasteiger partial charge in [0, 0.05) is 7.11 Å². The van der Waals surface area contributed by atoms with E-state index in [9.17, 15) is 0 Å². The van der Waals surface area contributed by atoms with Gasteiger partial charge in [-0.3, -0.25) is 0 Å². The molecule has 0 heterocycles. The van der Waals surface area contributed by atoms with Gasteiger partial charge in [0.1, 0.15) is 5.75 Å². The van der Waals surface area contributed by atoms with Crippen LogP contribution in [0.1, 0.15) is 26.8 Å². The molecular formula is C21H30O2. The molecule has 0 aliphatic heterocycles. The van der Waals surface area contributed by atoms with E-state index in [1.54, 1.807) is 12.1 Å². The second-order valence-electron chi connectivity index (χ2n) is 4.19. The van der Waals surface area contributed by atoms with Crippen molar-refractivity contribution < 1.29 is 10.2 Å². The predicted molar refractivity (Wildman–Crippen MR) is 103 cm³/mol. The zero-order valence-corrected chi connectivity index (χ0v) is 13.8. The Bertz CT molecular complexity index is 551. The number of hydrogen-bond donors (Lipinski definition) is 2. The van der Waals surface area contributed by atoms with E-state index in [1.165, 1.54) is 10.8 Å². The smallest absolute Gasteiger partial charge is 0.115 e. The Morgan fingerprint density at radius 1 is 0.652 bits per heavy atom. The van der Waals surface area contributed by atoms with Crippen molar-refractivity contribution >= 4 is 10.8 Å². The van der Waals surface area contributed by atoms with Crippen molar-refractivity contribution in [2.75, 3.05) is 7.11 Å². The second kappa shape index (κ2) is 14.6. The molecule has 0 aliphatic carbocycles. The zero-order chi connectivity index (χ0) is 16.8.